The Morgan fingerprint density at radius 3 is 1.32 bits per heavy atom. The number of fused-ring (bicyclic) bond motifs is 7. The van der Waals surface area contributed by atoms with E-state index in [4.69, 9.17) is 4.42 Å². The van der Waals surface area contributed by atoms with Crippen LogP contribution in [0.5, 0.6) is 0 Å². The van der Waals surface area contributed by atoms with Gasteiger partial charge in [0.25, 0.3) is 0 Å². The highest BCUT2D eigenvalue weighted by Gasteiger charge is 2.18. The predicted molar refractivity (Wildman–Crippen MR) is 250 cm³/mol. The Balaban J connectivity index is 0.950. The first-order chi connectivity index (χ1) is 29.7. The van der Waals surface area contributed by atoms with Gasteiger partial charge in [0.2, 0.25) is 0 Å². The molecular weight excluding hydrogens is 731 g/mol. The number of aromatic nitrogens is 2. The number of furan rings is 1. The molecule has 0 aliphatic heterocycles. The van der Waals surface area contributed by atoms with Gasteiger partial charge in [-0.1, -0.05) is 140 Å². The topological polar surface area (TPSA) is 42.2 Å². The zero-order valence-electron chi connectivity index (χ0n) is 32.5. The third kappa shape index (κ3) is 5.85. The molecule has 0 fully saturated rings. The third-order valence-electron chi connectivity index (χ3n) is 11.9. The molecule has 0 N–H and O–H groups in total. The van der Waals surface area contributed by atoms with Crippen LogP contribution in [0, 0.1) is 0 Å². The van der Waals surface area contributed by atoms with Gasteiger partial charge in [-0.3, -0.25) is 0 Å². The second-order valence-electron chi connectivity index (χ2n) is 15.5. The Morgan fingerprint density at radius 2 is 0.750 bits per heavy atom. The van der Waals surface area contributed by atoms with Crippen LogP contribution < -0.4 is 4.90 Å². The summed E-state index contributed by atoms with van der Waals surface area (Å²) in [6, 6.07) is 74.2. The maximum atomic E-state index is 6.33. The highest BCUT2D eigenvalue weighted by Crippen LogP contribution is 2.41. The van der Waals surface area contributed by atoms with Crippen molar-refractivity contribution in [3.63, 3.8) is 0 Å². The van der Waals surface area contributed by atoms with Gasteiger partial charge in [0.05, 0.1) is 11.6 Å². The second kappa shape index (κ2) is 13.8. The van der Waals surface area contributed by atoms with Crippen LogP contribution in [0.3, 0.4) is 0 Å². The van der Waals surface area contributed by atoms with Gasteiger partial charge in [0, 0.05) is 28.0 Å². The average Bonchev–Trinajstić information content (AvgIpc) is 3.70. The maximum Gasteiger partial charge on any atom is 0.165 e. The summed E-state index contributed by atoms with van der Waals surface area (Å²) in [6.07, 6.45) is 1.79. The van der Waals surface area contributed by atoms with Crippen molar-refractivity contribution in [2.75, 3.05) is 4.90 Å². The molecule has 280 valence electrons. The molecule has 0 radical (unpaired) electrons. The molecule has 12 rings (SSSR count). The maximum absolute atomic E-state index is 6.33. The first-order valence-electron chi connectivity index (χ1n) is 20.3. The summed E-state index contributed by atoms with van der Waals surface area (Å²) in [5.41, 5.74) is 11.2. The predicted octanol–water partition coefficient (Wildman–Crippen LogP) is 15.5. The third-order valence-corrected chi connectivity index (χ3v) is 11.9. The van der Waals surface area contributed by atoms with Crippen LogP contribution in [0.4, 0.5) is 17.1 Å². The van der Waals surface area contributed by atoms with E-state index in [2.05, 4.69) is 203 Å². The molecule has 0 aliphatic carbocycles. The SMILES string of the molecule is c1ccc2cc(-c3ccc4cc(N(c5ccc(-c6nncc7c6oc6ccccc67)cc5)c5ccc6cc(-c7ccc8ccccc8c7)ccc6c5)ccc4c3)ccc2c1. The van der Waals surface area contributed by atoms with Crippen LogP contribution >= 0.6 is 0 Å². The lowest BCUT2D eigenvalue weighted by atomic mass is 9.97. The van der Waals surface area contributed by atoms with Gasteiger partial charge in [-0.15, -0.1) is 5.10 Å². The van der Waals surface area contributed by atoms with E-state index < -0.39 is 0 Å². The molecule has 2 heterocycles. The molecule has 2 aromatic heterocycles. The number of benzene rings is 10. The first kappa shape index (κ1) is 34.0. The van der Waals surface area contributed by atoms with Crippen LogP contribution in [-0.4, -0.2) is 10.2 Å². The highest BCUT2D eigenvalue weighted by molar-refractivity contribution is 6.08. The number of hydrogen-bond donors (Lipinski definition) is 0. The highest BCUT2D eigenvalue weighted by atomic mass is 16.3. The van der Waals surface area contributed by atoms with Gasteiger partial charge >= 0.3 is 0 Å². The summed E-state index contributed by atoms with van der Waals surface area (Å²) in [4.78, 5) is 2.34. The summed E-state index contributed by atoms with van der Waals surface area (Å²) in [6.45, 7) is 0. The molecule has 0 unspecified atom stereocenters. The number of hydrogen-bond acceptors (Lipinski definition) is 4. The Labute approximate surface area is 346 Å². The zero-order valence-corrected chi connectivity index (χ0v) is 32.5. The summed E-state index contributed by atoms with van der Waals surface area (Å²) in [5.74, 6) is 0. The van der Waals surface area contributed by atoms with Gasteiger partial charge in [0.15, 0.2) is 5.58 Å². The van der Waals surface area contributed by atoms with Crippen LogP contribution in [0.25, 0.3) is 98.5 Å². The lowest BCUT2D eigenvalue weighted by Gasteiger charge is -2.26. The molecule has 0 amide bonds. The van der Waals surface area contributed by atoms with Gasteiger partial charge < -0.3 is 9.32 Å². The van der Waals surface area contributed by atoms with Crippen molar-refractivity contribution in [3.8, 4) is 33.5 Å². The number of para-hydroxylation sites is 1. The largest absolute Gasteiger partial charge is 0.454 e. The molecule has 12 aromatic rings. The lowest BCUT2D eigenvalue weighted by molar-refractivity contribution is 0.666. The second-order valence-corrected chi connectivity index (χ2v) is 15.5. The van der Waals surface area contributed by atoms with Crippen molar-refractivity contribution in [3.05, 3.63) is 212 Å². The number of nitrogens with zero attached hydrogens (tertiary/aromatic N) is 3. The summed E-state index contributed by atoms with van der Waals surface area (Å²) in [5, 5.41) is 20.6. The monoisotopic (exact) mass is 765 g/mol. The Bertz CT molecular complexity index is 3460. The molecule has 0 aliphatic rings. The van der Waals surface area contributed by atoms with E-state index in [1.807, 2.05) is 18.2 Å². The Hall–Kier alpha value is -8.08. The minimum Gasteiger partial charge on any atom is -0.454 e. The first-order valence-corrected chi connectivity index (χ1v) is 20.3. The lowest BCUT2D eigenvalue weighted by Crippen LogP contribution is -2.10. The smallest absolute Gasteiger partial charge is 0.165 e. The van der Waals surface area contributed by atoms with Crippen molar-refractivity contribution in [1.82, 2.24) is 10.2 Å². The number of anilines is 3. The zero-order chi connectivity index (χ0) is 39.6. The normalized spacial score (nSPS) is 11.7. The average molecular weight is 766 g/mol. The Kier molecular flexibility index (Phi) is 7.82. The van der Waals surface area contributed by atoms with Crippen LogP contribution in [0.2, 0.25) is 0 Å². The van der Waals surface area contributed by atoms with E-state index in [1.165, 1.54) is 65.3 Å². The van der Waals surface area contributed by atoms with Crippen molar-refractivity contribution >= 4 is 82.1 Å². The number of rotatable bonds is 6. The molecular formula is C56H35N3O. The van der Waals surface area contributed by atoms with E-state index in [1.54, 1.807) is 6.20 Å². The minimum atomic E-state index is 0.725. The van der Waals surface area contributed by atoms with E-state index >= 15 is 0 Å². The van der Waals surface area contributed by atoms with E-state index in [0.717, 1.165) is 50.3 Å². The fourth-order valence-electron chi connectivity index (χ4n) is 8.80. The Morgan fingerprint density at radius 1 is 0.333 bits per heavy atom. The molecule has 60 heavy (non-hydrogen) atoms. The molecule has 0 spiro atoms. The van der Waals surface area contributed by atoms with Crippen molar-refractivity contribution in [1.29, 1.82) is 0 Å². The van der Waals surface area contributed by atoms with Gasteiger partial charge in [-0.05, 0) is 132 Å². The minimum absolute atomic E-state index is 0.725. The van der Waals surface area contributed by atoms with E-state index in [0.29, 0.717) is 0 Å². The quantitative estimate of drug-likeness (QED) is 0.169. The molecule has 0 saturated heterocycles. The molecule has 0 atom stereocenters. The van der Waals surface area contributed by atoms with Crippen LogP contribution in [-0.2, 0) is 0 Å². The van der Waals surface area contributed by atoms with Crippen LogP contribution in [0.15, 0.2) is 217 Å². The van der Waals surface area contributed by atoms with E-state index in [9.17, 15) is 0 Å². The van der Waals surface area contributed by atoms with Crippen molar-refractivity contribution in [2.45, 2.75) is 0 Å². The fourth-order valence-corrected chi connectivity index (χ4v) is 8.80. The molecule has 10 aromatic carbocycles. The van der Waals surface area contributed by atoms with Crippen LogP contribution in [0.1, 0.15) is 0 Å². The summed E-state index contributed by atoms with van der Waals surface area (Å²) in [7, 11) is 0. The molecule has 4 heteroatoms. The van der Waals surface area contributed by atoms with Crippen molar-refractivity contribution < 1.29 is 4.42 Å². The van der Waals surface area contributed by atoms with Gasteiger partial charge in [-0.2, -0.15) is 5.10 Å². The standard InChI is InChI=1S/C56H35N3O/c1-3-9-39-29-41(15-13-36(39)7-1)43-17-19-47-33-50(27-23-45(47)31-43)59(49-25-21-38(22-26-49)55-56-53(35-57-58-55)52-11-5-6-12-54(52)60-56)51-28-24-46-32-44(18-20-48(46)34-51)42-16-14-37-8-2-4-10-40(37)30-42/h1-35H. The summed E-state index contributed by atoms with van der Waals surface area (Å²) >= 11 is 0. The summed E-state index contributed by atoms with van der Waals surface area (Å²) < 4.78 is 6.33. The fraction of sp³-hybridized carbons (Fsp3) is 0. The van der Waals surface area contributed by atoms with Gasteiger partial charge in [-0.25, -0.2) is 0 Å². The van der Waals surface area contributed by atoms with Crippen molar-refractivity contribution in [2.24, 2.45) is 0 Å². The molecule has 0 bridgehead atoms. The molecule has 0 saturated carbocycles. The van der Waals surface area contributed by atoms with E-state index in [-0.39, 0.29) is 0 Å². The molecule has 4 nitrogen and oxygen atoms in total. The van der Waals surface area contributed by atoms with Gasteiger partial charge in [0.1, 0.15) is 11.3 Å².